The molecule has 0 bridgehead atoms. The molecule has 1 unspecified atom stereocenters. The Morgan fingerprint density at radius 3 is 2.77 bits per heavy atom. The van der Waals surface area contributed by atoms with E-state index in [-0.39, 0.29) is 41.7 Å². The van der Waals surface area contributed by atoms with Gasteiger partial charge in [-0.15, -0.1) is 0 Å². The molecule has 1 amide bonds. The van der Waals surface area contributed by atoms with Gasteiger partial charge in [-0.3, -0.25) is 14.6 Å². The van der Waals surface area contributed by atoms with Crippen LogP contribution in [0.3, 0.4) is 0 Å². The molecule has 0 spiro atoms. The van der Waals surface area contributed by atoms with Crippen LogP contribution in [0.1, 0.15) is 52.1 Å². The number of hydrogen-bond donors (Lipinski definition) is 1. The molecule has 2 saturated carbocycles. The highest BCUT2D eigenvalue weighted by Gasteiger charge is 2.61. The molecule has 1 aromatic carbocycles. The van der Waals surface area contributed by atoms with Crippen molar-refractivity contribution in [2.24, 2.45) is 29.1 Å². The minimum Gasteiger partial charge on any atom is -0.462 e. The zero-order valence-electron chi connectivity index (χ0n) is 20.5. The summed E-state index contributed by atoms with van der Waals surface area (Å²) in [6.07, 6.45) is 9.62. The van der Waals surface area contributed by atoms with Gasteiger partial charge in [0.15, 0.2) is 0 Å². The Balaban J connectivity index is 1.40. The van der Waals surface area contributed by atoms with Crippen LogP contribution in [0.25, 0.3) is 17.2 Å². The number of esters is 1. The Hall–Kier alpha value is -3.02. The van der Waals surface area contributed by atoms with Crippen molar-refractivity contribution in [3.05, 3.63) is 60.2 Å². The van der Waals surface area contributed by atoms with Crippen LogP contribution in [-0.2, 0) is 14.3 Å². The molecule has 6 heteroatoms. The lowest BCUT2D eigenvalue weighted by atomic mass is 9.52. The molecule has 35 heavy (non-hydrogen) atoms. The first-order valence-electron chi connectivity index (χ1n) is 12.6. The third-order valence-corrected chi connectivity index (χ3v) is 8.48. The monoisotopic (exact) mass is 476 g/mol. The highest BCUT2D eigenvalue weighted by atomic mass is 19.1. The lowest BCUT2D eigenvalue weighted by Gasteiger charge is -2.51. The first kappa shape index (κ1) is 23.7. The number of amides is 1. The molecule has 2 aromatic rings. The Morgan fingerprint density at radius 1 is 1.23 bits per heavy atom. The third kappa shape index (κ3) is 4.51. The summed E-state index contributed by atoms with van der Waals surface area (Å²) in [5.41, 5.74) is 1.98. The number of halogens is 1. The van der Waals surface area contributed by atoms with Gasteiger partial charge in [-0.25, -0.2) is 4.39 Å². The maximum atomic E-state index is 13.6. The number of nitrogens with zero attached hydrogens (tertiary/aromatic N) is 1. The van der Waals surface area contributed by atoms with E-state index in [2.05, 4.69) is 29.4 Å². The van der Waals surface area contributed by atoms with Crippen molar-refractivity contribution in [3.8, 4) is 11.1 Å². The van der Waals surface area contributed by atoms with Crippen LogP contribution in [0.5, 0.6) is 0 Å². The molecule has 3 fully saturated rings. The fourth-order valence-electron chi connectivity index (χ4n) is 7.06. The third-order valence-electron chi connectivity index (χ3n) is 8.48. The van der Waals surface area contributed by atoms with Crippen molar-refractivity contribution in [2.45, 2.75) is 58.6 Å². The first-order valence-corrected chi connectivity index (χ1v) is 12.6. The van der Waals surface area contributed by atoms with Gasteiger partial charge in [-0.05, 0) is 87.1 Å². The van der Waals surface area contributed by atoms with E-state index >= 15 is 0 Å². The van der Waals surface area contributed by atoms with Crippen LogP contribution < -0.4 is 5.32 Å². The van der Waals surface area contributed by atoms with E-state index in [0.29, 0.717) is 11.8 Å². The Kier molecular flexibility index (Phi) is 6.24. The number of benzene rings is 1. The maximum Gasteiger partial charge on any atom is 0.312 e. The van der Waals surface area contributed by atoms with Crippen molar-refractivity contribution in [1.29, 1.82) is 0 Å². The highest BCUT2D eigenvalue weighted by Crippen LogP contribution is 2.59. The van der Waals surface area contributed by atoms with E-state index in [9.17, 15) is 14.0 Å². The minimum atomic E-state index is -0.512. The van der Waals surface area contributed by atoms with E-state index in [1.807, 2.05) is 25.1 Å². The van der Waals surface area contributed by atoms with Crippen LogP contribution in [0.2, 0.25) is 0 Å². The van der Waals surface area contributed by atoms with Crippen LogP contribution in [0.15, 0.2) is 48.7 Å². The number of pyridine rings is 1. The van der Waals surface area contributed by atoms with Crippen molar-refractivity contribution in [1.82, 2.24) is 10.3 Å². The number of rotatable bonds is 4. The summed E-state index contributed by atoms with van der Waals surface area (Å²) in [4.78, 5) is 29.2. The van der Waals surface area contributed by atoms with E-state index in [1.165, 1.54) is 12.1 Å². The summed E-state index contributed by atoms with van der Waals surface area (Å²) >= 11 is 0. The van der Waals surface area contributed by atoms with Crippen LogP contribution in [-0.4, -0.2) is 29.0 Å². The number of carbonyl (C=O) groups is 2. The standard InChI is InChI=1S/C29H33FN2O3/c1-17-27-26(12-9-23-8-7-20(16-31-23)19-5-4-6-22(30)13-19)25-11-10-24(32-18(2)33)14-21(25)15-29(27,3)28(34)35-17/h4-9,12-13,16-17,21,24-27H,10-11,14-15H2,1-3H3,(H,32,33)/b12-9+/t17-,21+,24-,25-,26+,27+,29?/m1/s1. The normalized spacial score (nSPS) is 34.2. The average molecular weight is 477 g/mol. The lowest BCUT2D eigenvalue weighted by molar-refractivity contribution is -0.150. The summed E-state index contributed by atoms with van der Waals surface area (Å²) in [6.45, 7) is 5.65. The molecule has 1 aromatic heterocycles. The smallest absolute Gasteiger partial charge is 0.312 e. The molecular weight excluding hydrogens is 443 g/mol. The molecule has 2 heterocycles. The van der Waals surface area contributed by atoms with Gasteiger partial charge >= 0.3 is 5.97 Å². The van der Waals surface area contributed by atoms with E-state index in [0.717, 1.165) is 42.5 Å². The van der Waals surface area contributed by atoms with Crippen molar-refractivity contribution < 1.29 is 18.7 Å². The summed E-state index contributed by atoms with van der Waals surface area (Å²) in [5.74, 6) is 0.768. The first-order chi connectivity index (χ1) is 16.7. The van der Waals surface area contributed by atoms with Crippen LogP contribution in [0, 0.1) is 34.9 Å². The van der Waals surface area contributed by atoms with Gasteiger partial charge < -0.3 is 10.1 Å². The fourth-order valence-corrected chi connectivity index (χ4v) is 7.06. The Bertz CT molecular complexity index is 1150. The summed E-state index contributed by atoms with van der Waals surface area (Å²) in [7, 11) is 0. The minimum absolute atomic E-state index is 0.00598. The number of aromatic nitrogens is 1. The lowest BCUT2D eigenvalue weighted by Crippen LogP contribution is -2.51. The summed E-state index contributed by atoms with van der Waals surface area (Å²) in [6, 6.07) is 10.6. The molecule has 7 atom stereocenters. The van der Waals surface area contributed by atoms with Gasteiger partial charge in [0.2, 0.25) is 5.91 Å². The average Bonchev–Trinajstić information content (AvgIpc) is 3.04. The van der Waals surface area contributed by atoms with E-state index in [1.54, 1.807) is 19.2 Å². The van der Waals surface area contributed by atoms with Crippen molar-refractivity contribution in [2.75, 3.05) is 0 Å². The molecule has 5 rings (SSSR count). The number of nitrogens with one attached hydrogen (secondary N) is 1. The largest absolute Gasteiger partial charge is 0.462 e. The highest BCUT2D eigenvalue weighted by molar-refractivity contribution is 5.80. The zero-order chi connectivity index (χ0) is 24.7. The van der Waals surface area contributed by atoms with E-state index < -0.39 is 5.41 Å². The predicted molar refractivity (Wildman–Crippen MR) is 132 cm³/mol. The molecule has 3 aliphatic rings. The second-order valence-electron chi connectivity index (χ2n) is 10.8. The van der Waals surface area contributed by atoms with Gasteiger partial charge in [-0.1, -0.05) is 24.3 Å². The van der Waals surface area contributed by atoms with Crippen LogP contribution >= 0.6 is 0 Å². The number of hydrogen-bond acceptors (Lipinski definition) is 4. The zero-order valence-corrected chi connectivity index (χ0v) is 20.5. The van der Waals surface area contributed by atoms with Crippen molar-refractivity contribution >= 4 is 18.0 Å². The van der Waals surface area contributed by atoms with Crippen molar-refractivity contribution in [3.63, 3.8) is 0 Å². The molecule has 0 radical (unpaired) electrons. The maximum absolute atomic E-state index is 13.6. The topological polar surface area (TPSA) is 68.3 Å². The molecule has 1 aliphatic heterocycles. The summed E-state index contributed by atoms with van der Waals surface area (Å²) < 4.78 is 19.4. The Morgan fingerprint density at radius 2 is 2.06 bits per heavy atom. The van der Waals surface area contributed by atoms with Gasteiger partial charge in [0.25, 0.3) is 0 Å². The number of allylic oxidation sites excluding steroid dienone is 1. The van der Waals surface area contributed by atoms with Gasteiger partial charge in [0, 0.05) is 30.6 Å². The molecular formula is C29H33FN2O3. The predicted octanol–water partition coefficient (Wildman–Crippen LogP) is 5.41. The van der Waals surface area contributed by atoms with Gasteiger partial charge in [-0.2, -0.15) is 0 Å². The number of cyclic esters (lactones) is 1. The molecule has 184 valence electrons. The van der Waals surface area contributed by atoms with Gasteiger partial charge in [0.1, 0.15) is 11.9 Å². The molecule has 1 N–H and O–H groups in total. The second kappa shape index (κ2) is 9.21. The number of ether oxygens (including phenoxy) is 1. The quantitative estimate of drug-likeness (QED) is 0.599. The second-order valence-corrected chi connectivity index (χ2v) is 10.8. The van der Waals surface area contributed by atoms with Gasteiger partial charge in [0.05, 0.1) is 11.1 Å². The fraction of sp³-hybridized carbons (Fsp3) is 0.483. The number of carbonyl (C=O) groups excluding carboxylic acids is 2. The SMILES string of the molecule is CC(=O)N[C@@H]1CC[C@@H]2[C@@H](C1)CC1(C)C(=O)O[C@H](C)[C@H]1[C@H]2/C=C/c1ccc(-c2cccc(F)c2)cn1. The van der Waals surface area contributed by atoms with E-state index in [4.69, 9.17) is 4.74 Å². The van der Waals surface area contributed by atoms with Crippen LogP contribution in [0.4, 0.5) is 4.39 Å². The summed E-state index contributed by atoms with van der Waals surface area (Å²) in [5, 5.41) is 3.10. The molecule has 1 saturated heterocycles. The molecule has 5 nitrogen and oxygen atoms in total. The molecule has 2 aliphatic carbocycles. The Labute approximate surface area is 206 Å². The number of fused-ring (bicyclic) bond motifs is 2.